The van der Waals surface area contributed by atoms with Gasteiger partial charge in [-0.05, 0) is 19.1 Å². The molecule has 0 fully saturated rings. The SMILES string of the molecule is CC(Cl)c1nc2cc(Cl)c(Cl)cc2n1N(C)C. The van der Waals surface area contributed by atoms with Gasteiger partial charge in [0.1, 0.15) is 5.82 Å². The van der Waals surface area contributed by atoms with Gasteiger partial charge in [0.25, 0.3) is 0 Å². The monoisotopic (exact) mass is 291 g/mol. The number of benzene rings is 1. The van der Waals surface area contributed by atoms with Gasteiger partial charge in [-0.15, -0.1) is 11.6 Å². The molecular formula is C11H12Cl3N3. The number of nitrogens with zero attached hydrogens (tertiary/aromatic N) is 3. The van der Waals surface area contributed by atoms with Gasteiger partial charge in [0.15, 0.2) is 0 Å². The van der Waals surface area contributed by atoms with Crippen LogP contribution in [0.25, 0.3) is 11.0 Å². The van der Waals surface area contributed by atoms with Crippen LogP contribution in [0, 0.1) is 0 Å². The van der Waals surface area contributed by atoms with Crippen LogP contribution in [-0.4, -0.2) is 23.8 Å². The molecule has 1 unspecified atom stereocenters. The quantitative estimate of drug-likeness (QED) is 0.784. The molecule has 0 amide bonds. The van der Waals surface area contributed by atoms with Crippen LogP contribution in [0.5, 0.6) is 0 Å². The highest BCUT2D eigenvalue weighted by Crippen LogP contribution is 2.30. The fourth-order valence-electron chi connectivity index (χ4n) is 1.76. The summed E-state index contributed by atoms with van der Waals surface area (Å²) in [5.41, 5.74) is 1.68. The first-order valence-corrected chi connectivity index (χ1v) is 6.30. The number of rotatable bonds is 2. The first-order chi connectivity index (χ1) is 7.91. The highest BCUT2D eigenvalue weighted by Gasteiger charge is 2.17. The van der Waals surface area contributed by atoms with Crippen molar-refractivity contribution in [3.05, 3.63) is 28.0 Å². The van der Waals surface area contributed by atoms with Crippen LogP contribution in [0.3, 0.4) is 0 Å². The van der Waals surface area contributed by atoms with E-state index in [0.717, 1.165) is 16.9 Å². The maximum Gasteiger partial charge on any atom is 0.146 e. The van der Waals surface area contributed by atoms with E-state index in [2.05, 4.69) is 4.98 Å². The normalized spacial score (nSPS) is 13.1. The lowest BCUT2D eigenvalue weighted by Crippen LogP contribution is -2.27. The molecule has 0 spiro atoms. The Morgan fingerprint density at radius 1 is 1.24 bits per heavy atom. The molecule has 0 bridgehead atoms. The van der Waals surface area contributed by atoms with Gasteiger partial charge in [0.05, 0.1) is 26.5 Å². The van der Waals surface area contributed by atoms with E-state index in [9.17, 15) is 0 Å². The molecule has 1 aromatic heterocycles. The highest BCUT2D eigenvalue weighted by atomic mass is 35.5. The Hall–Kier alpha value is -0.640. The van der Waals surface area contributed by atoms with Crippen molar-refractivity contribution in [2.75, 3.05) is 19.1 Å². The van der Waals surface area contributed by atoms with Crippen molar-refractivity contribution in [1.29, 1.82) is 0 Å². The third-order valence-corrected chi connectivity index (χ3v) is 3.37. The number of aromatic nitrogens is 2. The molecule has 0 aliphatic rings. The van der Waals surface area contributed by atoms with Crippen molar-refractivity contribution >= 4 is 45.8 Å². The number of imidazole rings is 1. The summed E-state index contributed by atoms with van der Waals surface area (Å²) in [4.78, 5) is 4.48. The van der Waals surface area contributed by atoms with Gasteiger partial charge in [-0.2, -0.15) is 0 Å². The number of halogens is 3. The van der Waals surface area contributed by atoms with Crippen molar-refractivity contribution in [3.63, 3.8) is 0 Å². The molecule has 6 heteroatoms. The summed E-state index contributed by atoms with van der Waals surface area (Å²) in [7, 11) is 3.85. The van der Waals surface area contributed by atoms with Gasteiger partial charge in [-0.3, -0.25) is 0 Å². The highest BCUT2D eigenvalue weighted by molar-refractivity contribution is 6.42. The molecule has 2 rings (SSSR count). The molecule has 0 N–H and O–H groups in total. The fourth-order valence-corrected chi connectivity index (χ4v) is 2.21. The third-order valence-electron chi connectivity index (χ3n) is 2.45. The predicted octanol–water partition coefficient (Wildman–Crippen LogP) is 3.84. The molecule has 0 saturated carbocycles. The van der Waals surface area contributed by atoms with Crippen molar-refractivity contribution in [3.8, 4) is 0 Å². The minimum Gasteiger partial charge on any atom is -0.317 e. The first kappa shape index (κ1) is 12.8. The van der Waals surface area contributed by atoms with E-state index in [-0.39, 0.29) is 5.38 Å². The Kier molecular flexibility index (Phi) is 3.43. The van der Waals surface area contributed by atoms with Crippen molar-refractivity contribution in [2.45, 2.75) is 12.3 Å². The van der Waals surface area contributed by atoms with Gasteiger partial charge >= 0.3 is 0 Å². The van der Waals surface area contributed by atoms with E-state index in [1.807, 2.05) is 30.7 Å². The summed E-state index contributed by atoms with van der Waals surface area (Å²) in [6.45, 7) is 1.88. The molecule has 92 valence electrons. The molecule has 0 saturated heterocycles. The molecule has 2 aromatic rings. The lowest BCUT2D eigenvalue weighted by Gasteiger charge is -2.19. The van der Waals surface area contributed by atoms with Crippen molar-refractivity contribution in [1.82, 2.24) is 9.66 Å². The van der Waals surface area contributed by atoms with Gasteiger partial charge in [0.2, 0.25) is 0 Å². The molecule has 0 radical (unpaired) electrons. The second kappa shape index (κ2) is 4.56. The topological polar surface area (TPSA) is 21.1 Å². The predicted molar refractivity (Wildman–Crippen MR) is 74.1 cm³/mol. The third kappa shape index (κ3) is 2.19. The summed E-state index contributed by atoms with van der Waals surface area (Å²) >= 11 is 18.1. The van der Waals surface area contributed by atoms with Crippen LogP contribution >= 0.6 is 34.8 Å². The van der Waals surface area contributed by atoms with E-state index in [0.29, 0.717) is 10.0 Å². The second-order valence-electron chi connectivity index (χ2n) is 4.00. The van der Waals surface area contributed by atoms with Gasteiger partial charge in [0, 0.05) is 14.1 Å². The molecule has 1 aromatic carbocycles. The number of fused-ring (bicyclic) bond motifs is 1. The lowest BCUT2D eigenvalue weighted by molar-refractivity contribution is 0.694. The van der Waals surface area contributed by atoms with Gasteiger partial charge < -0.3 is 5.01 Å². The largest absolute Gasteiger partial charge is 0.317 e. The summed E-state index contributed by atoms with van der Waals surface area (Å²) in [6.07, 6.45) is 0. The summed E-state index contributed by atoms with van der Waals surface area (Å²) < 4.78 is 1.93. The second-order valence-corrected chi connectivity index (χ2v) is 5.47. The average molecular weight is 293 g/mol. The standard InChI is InChI=1S/C11H12Cl3N3/c1-6(12)11-15-9-4-7(13)8(14)5-10(9)17(11)16(2)3/h4-6H,1-3H3. The zero-order valence-electron chi connectivity index (χ0n) is 9.71. The fraction of sp³-hybridized carbons (Fsp3) is 0.364. The Morgan fingerprint density at radius 2 is 1.82 bits per heavy atom. The van der Waals surface area contributed by atoms with E-state index in [1.54, 1.807) is 12.1 Å². The van der Waals surface area contributed by atoms with E-state index < -0.39 is 0 Å². The summed E-state index contributed by atoms with van der Waals surface area (Å²) in [5.74, 6) is 0.769. The van der Waals surface area contributed by atoms with Gasteiger partial charge in [-0.1, -0.05) is 23.2 Å². The molecule has 3 nitrogen and oxygen atoms in total. The van der Waals surface area contributed by atoms with Crippen LogP contribution in [0.1, 0.15) is 18.1 Å². The van der Waals surface area contributed by atoms with Crippen LogP contribution in [0.2, 0.25) is 10.0 Å². The Bertz CT molecular complexity index is 561. The molecule has 0 aliphatic heterocycles. The first-order valence-electron chi connectivity index (χ1n) is 5.11. The van der Waals surface area contributed by atoms with E-state index >= 15 is 0 Å². The maximum absolute atomic E-state index is 6.13. The molecule has 1 heterocycles. The van der Waals surface area contributed by atoms with Crippen molar-refractivity contribution < 1.29 is 0 Å². The molecular weight excluding hydrogens is 281 g/mol. The van der Waals surface area contributed by atoms with Crippen LogP contribution < -0.4 is 5.01 Å². The number of hydrogen-bond acceptors (Lipinski definition) is 2. The van der Waals surface area contributed by atoms with E-state index in [1.165, 1.54) is 0 Å². The summed E-state index contributed by atoms with van der Waals surface area (Å²) in [6, 6.07) is 3.55. The van der Waals surface area contributed by atoms with Crippen LogP contribution in [0.15, 0.2) is 12.1 Å². The maximum atomic E-state index is 6.13. The molecule has 0 aliphatic carbocycles. The van der Waals surface area contributed by atoms with Crippen LogP contribution in [0.4, 0.5) is 0 Å². The lowest BCUT2D eigenvalue weighted by atomic mass is 10.3. The summed E-state index contributed by atoms with van der Waals surface area (Å²) in [5, 5.41) is 2.72. The zero-order chi connectivity index (χ0) is 12.7. The van der Waals surface area contributed by atoms with Crippen molar-refractivity contribution in [2.24, 2.45) is 0 Å². The molecule has 1 atom stereocenters. The van der Waals surface area contributed by atoms with E-state index in [4.69, 9.17) is 34.8 Å². The molecule has 17 heavy (non-hydrogen) atoms. The smallest absolute Gasteiger partial charge is 0.146 e. The Labute approximate surface area is 115 Å². The Balaban J connectivity index is 2.80. The van der Waals surface area contributed by atoms with Crippen LogP contribution in [-0.2, 0) is 0 Å². The van der Waals surface area contributed by atoms with Gasteiger partial charge in [-0.25, -0.2) is 9.66 Å². The number of alkyl halides is 1. The zero-order valence-corrected chi connectivity index (χ0v) is 12.0. The number of hydrogen-bond donors (Lipinski definition) is 0. The minimum atomic E-state index is -0.192. The average Bonchev–Trinajstić information content (AvgIpc) is 2.57. The minimum absolute atomic E-state index is 0.192. The Morgan fingerprint density at radius 3 is 2.35 bits per heavy atom.